The van der Waals surface area contributed by atoms with Crippen molar-refractivity contribution >= 4 is 16.5 Å². The van der Waals surface area contributed by atoms with Crippen molar-refractivity contribution in [2.75, 3.05) is 18.4 Å². The molecule has 1 aromatic heterocycles. The third kappa shape index (κ3) is 5.40. The summed E-state index contributed by atoms with van der Waals surface area (Å²) in [6.45, 7) is 9.69. The van der Waals surface area contributed by atoms with Crippen LogP contribution in [0.3, 0.4) is 0 Å². The minimum atomic E-state index is 0.470. The van der Waals surface area contributed by atoms with Crippen LogP contribution in [0.4, 0.5) is 5.13 Å². The molecular formula is C30H33N3S. The Hall–Kier alpha value is -2.95. The van der Waals surface area contributed by atoms with E-state index in [1.165, 1.54) is 38.3 Å². The number of benzene rings is 3. The highest BCUT2D eigenvalue weighted by molar-refractivity contribution is 7.19. The van der Waals surface area contributed by atoms with Crippen LogP contribution >= 0.6 is 11.3 Å². The molecule has 0 bridgehead atoms. The second-order valence-corrected chi connectivity index (χ2v) is 10.6. The Bertz CT molecular complexity index is 1150. The predicted octanol–water partition coefficient (Wildman–Crippen LogP) is 7.48. The first-order chi connectivity index (χ1) is 16.5. The van der Waals surface area contributed by atoms with E-state index in [1.807, 2.05) is 0 Å². The lowest BCUT2D eigenvalue weighted by Crippen LogP contribution is -2.38. The van der Waals surface area contributed by atoms with E-state index in [0.29, 0.717) is 6.04 Å². The Morgan fingerprint density at radius 3 is 1.88 bits per heavy atom. The molecule has 34 heavy (non-hydrogen) atoms. The first kappa shape index (κ1) is 22.8. The SMILES string of the molecule is Cc1ccc(CN2CCC(Nc3nc(-c4ccc(C)cc4)c(-c4ccc(C)cc4)s3)CC2)cc1. The summed E-state index contributed by atoms with van der Waals surface area (Å²) < 4.78 is 0. The molecule has 3 nitrogen and oxygen atoms in total. The highest BCUT2D eigenvalue weighted by atomic mass is 32.1. The van der Waals surface area contributed by atoms with Crippen molar-refractivity contribution in [2.24, 2.45) is 0 Å². The summed E-state index contributed by atoms with van der Waals surface area (Å²) in [4.78, 5) is 8.90. The quantitative estimate of drug-likeness (QED) is 0.319. The van der Waals surface area contributed by atoms with Gasteiger partial charge in [0.1, 0.15) is 0 Å². The summed E-state index contributed by atoms with van der Waals surface area (Å²) in [5, 5.41) is 4.81. The van der Waals surface area contributed by atoms with Gasteiger partial charge in [-0.25, -0.2) is 4.98 Å². The molecule has 1 aliphatic rings. The average Bonchev–Trinajstić information content (AvgIpc) is 3.26. The van der Waals surface area contributed by atoms with Gasteiger partial charge in [0.05, 0.1) is 10.6 Å². The summed E-state index contributed by atoms with van der Waals surface area (Å²) in [5.74, 6) is 0. The lowest BCUT2D eigenvalue weighted by atomic mass is 10.0. The second kappa shape index (κ2) is 10.1. The maximum atomic E-state index is 5.09. The number of hydrogen-bond acceptors (Lipinski definition) is 4. The predicted molar refractivity (Wildman–Crippen MR) is 146 cm³/mol. The van der Waals surface area contributed by atoms with Crippen LogP contribution in [0.2, 0.25) is 0 Å². The largest absolute Gasteiger partial charge is 0.359 e. The van der Waals surface area contributed by atoms with Crippen LogP contribution in [-0.4, -0.2) is 29.0 Å². The number of nitrogens with zero attached hydrogens (tertiary/aromatic N) is 2. The van der Waals surface area contributed by atoms with Crippen molar-refractivity contribution < 1.29 is 0 Å². The fraction of sp³-hybridized carbons (Fsp3) is 0.300. The van der Waals surface area contributed by atoms with Crippen LogP contribution in [-0.2, 0) is 6.54 Å². The number of nitrogens with one attached hydrogen (secondary N) is 1. The van der Waals surface area contributed by atoms with Crippen LogP contribution in [0.1, 0.15) is 35.1 Å². The number of aromatic nitrogens is 1. The molecule has 2 heterocycles. The van der Waals surface area contributed by atoms with E-state index in [0.717, 1.165) is 43.3 Å². The molecule has 5 rings (SSSR count). The highest BCUT2D eigenvalue weighted by Crippen LogP contribution is 2.39. The van der Waals surface area contributed by atoms with Gasteiger partial charge < -0.3 is 5.32 Å². The molecule has 4 aromatic rings. The number of likely N-dealkylation sites (tertiary alicyclic amines) is 1. The fourth-order valence-corrected chi connectivity index (χ4v) is 5.62. The molecule has 0 saturated carbocycles. The van der Waals surface area contributed by atoms with Gasteiger partial charge in [0.2, 0.25) is 0 Å². The van der Waals surface area contributed by atoms with E-state index in [4.69, 9.17) is 4.98 Å². The van der Waals surface area contributed by atoms with Crippen molar-refractivity contribution in [3.63, 3.8) is 0 Å². The van der Waals surface area contributed by atoms with Gasteiger partial charge in [0, 0.05) is 31.2 Å². The molecule has 0 atom stereocenters. The van der Waals surface area contributed by atoms with E-state index in [-0.39, 0.29) is 0 Å². The lowest BCUT2D eigenvalue weighted by molar-refractivity contribution is 0.211. The van der Waals surface area contributed by atoms with Gasteiger partial charge in [-0.1, -0.05) is 101 Å². The summed E-state index contributed by atoms with van der Waals surface area (Å²) in [6.07, 6.45) is 2.29. The first-order valence-electron chi connectivity index (χ1n) is 12.2. The van der Waals surface area contributed by atoms with E-state index >= 15 is 0 Å². The zero-order valence-corrected chi connectivity index (χ0v) is 21.2. The Labute approximate surface area is 207 Å². The van der Waals surface area contributed by atoms with Gasteiger partial charge >= 0.3 is 0 Å². The van der Waals surface area contributed by atoms with Gasteiger partial charge in [-0.3, -0.25) is 4.90 Å². The zero-order valence-electron chi connectivity index (χ0n) is 20.3. The van der Waals surface area contributed by atoms with E-state index in [2.05, 4.69) is 104 Å². The highest BCUT2D eigenvalue weighted by Gasteiger charge is 2.22. The minimum absolute atomic E-state index is 0.470. The van der Waals surface area contributed by atoms with Gasteiger partial charge in [-0.15, -0.1) is 0 Å². The van der Waals surface area contributed by atoms with Crippen molar-refractivity contribution in [3.05, 3.63) is 95.1 Å². The molecule has 0 aliphatic carbocycles. The van der Waals surface area contributed by atoms with E-state index in [9.17, 15) is 0 Å². The molecule has 1 saturated heterocycles. The maximum Gasteiger partial charge on any atom is 0.184 e. The Kier molecular flexibility index (Phi) is 6.80. The van der Waals surface area contributed by atoms with Gasteiger partial charge in [0.25, 0.3) is 0 Å². The normalized spacial score (nSPS) is 14.9. The Balaban J connectivity index is 1.30. The standard InChI is InChI=1S/C30H33N3S/c1-21-4-10-24(11-5-21)20-33-18-16-27(17-19-33)31-30-32-28(25-12-6-22(2)7-13-25)29(34-30)26-14-8-23(3)9-15-26/h4-15,27H,16-20H2,1-3H3,(H,31,32). The molecule has 0 radical (unpaired) electrons. The number of hydrogen-bond donors (Lipinski definition) is 1. The van der Waals surface area contributed by atoms with Crippen molar-refractivity contribution in [1.82, 2.24) is 9.88 Å². The lowest BCUT2D eigenvalue weighted by Gasteiger charge is -2.32. The molecule has 3 aromatic carbocycles. The average molecular weight is 468 g/mol. The minimum Gasteiger partial charge on any atom is -0.359 e. The number of rotatable bonds is 6. The Morgan fingerprint density at radius 2 is 1.29 bits per heavy atom. The molecule has 1 fully saturated rings. The summed E-state index contributed by atoms with van der Waals surface area (Å²) >= 11 is 1.78. The Morgan fingerprint density at radius 1 is 0.765 bits per heavy atom. The monoisotopic (exact) mass is 467 g/mol. The van der Waals surface area contributed by atoms with Crippen LogP contribution in [0.5, 0.6) is 0 Å². The van der Waals surface area contributed by atoms with Crippen LogP contribution in [0, 0.1) is 20.8 Å². The summed E-state index contributed by atoms with van der Waals surface area (Å²) in [7, 11) is 0. The number of aryl methyl sites for hydroxylation is 3. The molecule has 4 heteroatoms. The van der Waals surface area contributed by atoms with Crippen molar-refractivity contribution in [3.8, 4) is 21.7 Å². The molecule has 1 N–H and O–H groups in total. The zero-order chi connectivity index (χ0) is 23.5. The molecule has 0 spiro atoms. The van der Waals surface area contributed by atoms with Gasteiger partial charge in [-0.05, 0) is 44.7 Å². The van der Waals surface area contributed by atoms with Crippen molar-refractivity contribution in [2.45, 2.75) is 46.2 Å². The van der Waals surface area contributed by atoms with Crippen LogP contribution in [0.25, 0.3) is 21.7 Å². The van der Waals surface area contributed by atoms with Gasteiger partial charge in [0.15, 0.2) is 5.13 Å². The fourth-order valence-electron chi connectivity index (χ4n) is 4.55. The molecular weight excluding hydrogens is 434 g/mol. The molecule has 174 valence electrons. The van der Waals surface area contributed by atoms with Crippen molar-refractivity contribution in [1.29, 1.82) is 0 Å². The second-order valence-electron chi connectivity index (χ2n) is 9.61. The molecule has 1 aliphatic heterocycles. The van der Waals surface area contributed by atoms with E-state index in [1.54, 1.807) is 11.3 Å². The third-order valence-electron chi connectivity index (χ3n) is 6.71. The smallest absolute Gasteiger partial charge is 0.184 e. The molecule has 0 amide bonds. The van der Waals surface area contributed by atoms with Gasteiger partial charge in [-0.2, -0.15) is 0 Å². The number of piperidine rings is 1. The number of thiazole rings is 1. The summed E-state index contributed by atoms with van der Waals surface area (Å²) in [6, 6.07) is 26.9. The topological polar surface area (TPSA) is 28.2 Å². The van der Waals surface area contributed by atoms with Crippen LogP contribution < -0.4 is 5.32 Å². The van der Waals surface area contributed by atoms with E-state index < -0.39 is 0 Å². The maximum absolute atomic E-state index is 5.09. The molecule has 0 unspecified atom stereocenters. The first-order valence-corrected chi connectivity index (χ1v) is 13.0. The number of anilines is 1. The summed E-state index contributed by atoms with van der Waals surface area (Å²) in [5.41, 5.74) is 8.77. The third-order valence-corrected chi connectivity index (χ3v) is 7.74. The van der Waals surface area contributed by atoms with Crippen LogP contribution in [0.15, 0.2) is 72.8 Å².